The third-order valence-corrected chi connectivity index (χ3v) is 3.22. The molecule has 0 saturated heterocycles. The first kappa shape index (κ1) is 14.3. The van der Waals surface area contributed by atoms with Gasteiger partial charge in [-0.05, 0) is 18.6 Å². The summed E-state index contributed by atoms with van der Waals surface area (Å²) in [7, 11) is 0. The third kappa shape index (κ3) is 2.71. The van der Waals surface area contributed by atoms with Crippen molar-refractivity contribution in [2.75, 3.05) is 0 Å². The summed E-state index contributed by atoms with van der Waals surface area (Å²) in [6, 6.07) is 4.46. The number of aromatic nitrogens is 4. The molecular weight excluding hydrogens is 288 g/mol. The average molecular weight is 301 g/mol. The largest absolute Gasteiger partial charge is 0.324 e. The van der Waals surface area contributed by atoms with E-state index < -0.39 is 5.82 Å². The molecule has 0 radical (unpaired) electrons. The molecule has 3 aromatic rings. The molecule has 112 valence electrons. The molecule has 1 aromatic carbocycles. The van der Waals surface area contributed by atoms with Gasteiger partial charge in [-0.1, -0.05) is 12.1 Å². The molecule has 7 heteroatoms. The lowest BCUT2D eigenvalue weighted by atomic mass is 10.0. The van der Waals surface area contributed by atoms with Gasteiger partial charge in [0.25, 0.3) is 5.95 Å². The molecule has 1 atom stereocenters. The minimum absolute atomic E-state index is 0.236. The predicted octanol–water partition coefficient (Wildman–Crippen LogP) is 2.63. The average Bonchev–Trinajstić information content (AvgIpc) is 2.97. The molecule has 2 heterocycles. The van der Waals surface area contributed by atoms with E-state index in [1.165, 1.54) is 10.7 Å². The maximum Gasteiger partial charge on any atom is 0.250 e. The van der Waals surface area contributed by atoms with E-state index in [9.17, 15) is 8.78 Å². The highest BCUT2D eigenvalue weighted by Gasteiger charge is 2.10. The van der Waals surface area contributed by atoms with Crippen molar-refractivity contribution < 1.29 is 8.78 Å². The lowest BCUT2D eigenvalue weighted by molar-refractivity contribution is 0.594. The van der Waals surface area contributed by atoms with E-state index in [0.29, 0.717) is 16.7 Å². The predicted molar refractivity (Wildman–Crippen MR) is 77.1 cm³/mol. The van der Waals surface area contributed by atoms with E-state index in [4.69, 9.17) is 5.73 Å². The van der Waals surface area contributed by atoms with Crippen LogP contribution in [0.15, 0.2) is 43.0 Å². The molecule has 2 N–H and O–H groups in total. The molecule has 22 heavy (non-hydrogen) atoms. The van der Waals surface area contributed by atoms with Crippen LogP contribution < -0.4 is 5.73 Å². The normalized spacial score (nSPS) is 12.4. The summed E-state index contributed by atoms with van der Waals surface area (Å²) in [4.78, 5) is 7.67. The Kier molecular flexibility index (Phi) is 3.64. The first-order chi connectivity index (χ1) is 10.5. The maximum absolute atomic E-state index is 14.0. The first-order valence-corrected chi connectivity index (χ1v) is 6.62. The Balaban J connectivity index is 1.94. The SMILES string of the molecule is CC(N)c1ccc(-c2cnn(-c3ncc(F)cn3)c2)cc1F. The van der Waals surface area contributed by atoms with Gasteiger partial charge in [0.1, 0.15) is 5.82 Å². The Bertz CT molecular complexity index is 796. The van der Waals surface area contributed by atoms with Gasteiger partial charge >= 0.3 is 0 Å². The molecule has 1 unspecified atom stereocenters. The molecule has 0 aliphatic heterocycles. The van der Waals surface area contributed by atoms with E-state index in [2.05, 4.69) is 15.1 Å². The number of nitrogens with two attached hydrogens (primary N) is 1. The van der Waals surface area contributed by atoms with Crippen molar-refractivity contribution in [3.8, 4) is 17.1 Å². The van der Waals surface area contributed by atoms with Crippen LogP contribution in [0.5, 0.6) is 0 Å². The van der Waals surface area contributed by atoms with Crippen LogP contribution in [-0.2, 0) is 0 Å². The summed E-state index contributed by atoms with van der Waals surface area (Å²) in [5, 5.41) is 4.10. The molecule has 0 amide bonds. The van der Waals surface area contributed by atoms with Gasteiger partial charge in [-0.3, -0.25) is 0 Å². The van der Waals surface area contributed by atoms with Crippen LogP contribution in [0.3, 0.4) is 0 Å². The third-order valence-electron chi connectivity index (χ3n) is 3.22. The van der Waals surface area contributed by atoms with Gasteiger partial charge in [-0.25, -0.2) is 23.4 Å². The summed E-state index contributed by atoms with van der Waals surface area (Å²) < 4.78 is 28.2. The Labute approximate surface area is 125 Å². The summed E-state index contributed by atoms with van der Waals surface area (Å²) >= 11 is 0. The number of benzene rings is 1. The Morgan fingerprint density at radius 3 is 2.45 bits per heavy atom. The second kappa shape index (κ2) is 5.61. The zero-order valence-corrected chi connectivity index (χ0v) is 11.7. The van der Waals surface area contributed by atoms with Crippen LogP contribution in [0.25, 0.3) is 17.1 Å². The van der Waals surface area contributed by atoms with Gasteiger partial charge in [-0.2, -0.15) is 5.10 Å². The summed E-state index contributed by atoms with van der Waals surface area (Å²) in [6.45, 7) is 1.72. The van der Waals surface area contributed by atoms with Gasteiger partial charge in [0, 0.05) is 23.4 Å². The van der Waals surface area contributed by atoms with Crippen LogP contribution in [0.4, 0.5) is 8.78 Å². The summed E-state index contributed by atoms with van der Waals surface area (Å²) in [5.74, 6) is -0.650. The first-order valence-electron chi connectivity index (χ1n) is 6.62. The maximum atomic E-state index is 14.0. The lowest BCUT2D eigenvalue weighted by Crippen LogP contribution is -2.07. The van der Waals surface area contributed by atoms with E-state index in [1.807, 2.05) is 0 Å². The number of rotatable bonds is 3. The minimum Gasteiger partial charge on any atom is -0.324 e. The van der Waals surface area contributed by atoms with E-state index >= 15 is 0 Å². The van der Waals surface area contributed by atoms with Crippen molar-refractivity contribution >= 4 is 0 Å². The lowest BCUT2D eigenvalue weighted by Gasteiger charge is -2.08. The molecule has 0 aliphatic rings. The van der Waals surface area contributed by atoms with Gasteiger partial charge in [0.2, 0.25) is 0 Å². The van der Waals surface area contributed by atoms with E-state index in [-0.39, 0.29) is 17.8 Å². The summed E-state index contributed by atoms with van der Waals surface area (Å²) in [6.07, 6.45) is 5.32. The fraction of sp³-hybridized carbons (Fsp3) is 0.133. The van der Waals surface area contributed by atoms with Gasteiger partial charge < -0.3 is 5.73 Å². The number of hydrogen-bond donors (Lipinski definition) is 1. The second-order valence-corrected chi connectivity index (χ2v) is 4.90. The molecular formula is C15H13F2N5. The van der Waals surface area contributed by atoms with Crippen molar-refractivity contribution in [1.29, 1.82) is 0 Å². The standard InChI is InChI=1S/C15H13F2N5/c1-9(18)13-3-2-10(4-14(13)17)11-5-21-22(8-11)15-19-6-12(16)7-20-15/h2-9H,18H2,1H3. The van der Waals surface area contributed by atoms with Crippen molar-refractivity contribution in [3.63, 3.8) is 0 Å². The monoisotopic (exact) mass is 301 g/mol. The van der Waals surface area contributed by atoms with Crippen LogP contribution in [0.1, 0.15) is 18.5 Å². The van der Waals surface area contributed by atoms with E-state index in [0.717, 1.165) is 12.4 Å². The highest BCUT2D eigenvalue weighted by Crippen LogP contribution is 2.24. The molecule has 0 saturated carbocycles. The van der Waals surface area contributed by atoms with Crippen molar-refractivity contribution in [2.24, 2.45) is 5.73 Å². The molecule has 2 aromatic heterocycles. The fourth-order valence-electron chi connectivity index (χ4n) is 2.08. The molecule has 0 aliphatic carbocycles. The Morgan fingerprint density at radius 2 is 1.82 bits per heavy atom. The Hall–Kier alpha value is -2.67. The quantitative estimate of drug-likeness (QED) is 0.807. The van der Waals surface area contributed by atoms with Crippen molar-refractivity contribution in [1.82, 2.24) is 19.7 Å². The van der Waals surface area contributed by atoms with Crippen molar-refractivity contribution in [3.05, 3.63) is 60.2 Å². The molecule has 0 spiro atoms. The summed E-state index contributed by atoms with van der Waals surface area (Å²) in [5.41, 5.74) is 7.51. The minimum atomic E-state index is -0.523. The molecule has 0 fully saturated rings. The smallest absolute Gasteiger partial charge is 0.250 e. The van der Waals surface area contributed by atoms with Crippen LogP contribution in [0, 0.1) is 11.6 Å². The molecule has 3 rings (SSSR count). The van der Waals surface area contributed by atoms with Crippen LogP contribution in [-0.4, -0.2) is 19.7 Å². The molecule has 0 bridgehead atoms. The van der Waals surface area contributed by atoms with Gasteiger partial charge in [0.05, 0.1) is 18.6 Å². The van der Waals surface area contributed by atoms with Gasteiger partial charge in [-0.15, -0.1) is 0 Å². The number of halogens is 2. The molecule has 5 nitrogen and oxygen atoms in total. The topological polar surface area (TPSA) is 69.6 Å². The van der Waals surface area contributed by atoms with Crippen LogP contribution in [0.2, 0.25) is 0 Å². The highest BCUT2D eigenvalue weighted by molar-refractivity contribution is 5.62. The highest BCUT2D eigenvalue weighted by atomic mass is 19.1. The number of hydrogen-bond acceptors (Lipinski definition) is 4. The zero-order chi connectivity index (χ0) is 15.7. The fourth-order valence-corrected chi connectivity index (χ4v) is 2.08. The Morgan fingerprint density at radius 1 is 1.09 bits per heavy atom. The van der Waals surface area contributed by atoms with Gasteiger partial charge in [0.15, 0.2) is 5.82 Å². The second-order valence-electron chi connectivity index (χ2n) is 4.90. The van der Waals surface area contributed by atoms with Crippen LogP contribution >= 0.6 is 0 Å². The number of nitrogens with zero attached hydrogens (tertiary/aromatic N) is 4. The zero-order valence-electron chi connectivity index (χ0n) is 11.7. The van der Waals surface area contributed by atoms with E-state index in [1.54, 1.807) is 31.5 Å². The van der Waals surface area contributed by atoms with Crippen molar-refractivity contribution in [2.45, 2.75) is 13.0 Å².